The van der Waals surface area contributed by atoms with Gasteiger partial charge in [-0.1, -0.05) is 36.4 Å². The van der Waals surface area contributed by atoms with Crippen molar-refractivity contribution < 1.29 is 0 Å². The van der Waals surface area contributed by atoms with E-state index >= 15 is 0 Å². The summed E-state index contributed by atoms with van der Waals surface area (Å²) in [5.41, 5.74) is 4.63. The van der Waals surface area contributed by atoms with Gasteiger partial charge in [-0.05, 0) is 112 Å². The van der Waals surface area contributed by atoms with E-state index < -0.39 is 0 Å². The molecule has 2 heterocycles. The molecule has 2 saturated heterocycles. The third kappa shape index (κ3) is 5.69. The van der Waals surface area contributed by atoms with Crippen LogP contribution in [0.2, 0.25) is 0 Å². The first-order valence-electron chi connectivity index (χ1n) is 11.4. The third-order valence-corrected chi connectivity index (χ3v) is 6.58. The van der Waals surface area contributed by atoms with E-state index in [0.717, 1.165) is 11.8 Å². The minimum atomic E-state index is 0.717. The molecule has 0 amide bonds. The molecule has 0 aromatic heterocycles. The lowest BCUT2D eigenvalue weighted by Crippen LogP contribution is -2.20. The Morgan fingerprint density at radius 3 is 2.03 bits per heavy atom. The van der Waals surface area contributed by atoms with Gasteiger partial charge in [0.2, 0.25) is 0 Å². The molecule has 152 valence electrons. The molecule has 2 aliphatic heterocycles. The molecule has 1 N–H and O–H groups in total. The largest absolute Gasteiger partial charge is 0.317 e. The first-order chi connectivity index (χ1) is 14.3. The Bertz CT molecular complexity index is 786. The Labute approximate surface area is 175 Å². The van der Waals surface area contributed by atoms with Crippen molar-refractivity contribution in [3.05, 3.63) is 59.7 Å². The van der Waals surface area contributed by atoms with E-state index in [1.807, 2.05) is 24.3 Å². The number of hydrogen-bond acceptors (Lipinski definition) is 3. The number of nitriles is 1. The summed E-state index contributed by atoms with van der Waals surface area (Å²) in [6.45, 7) is 6.43. The van der Waals surface area contributed by atoms with Gasteiger partial charge in [-0.2, -0.15) is 5.26 Å². The second-order valence-corrected chi connectivity index (χ2v) is 8.71. The molecule has 0 spiro atoms. The van der Waals surface area contributed by atoms with Crippen molar-refractivity contribution in [3.63, 3.8) is 0 Å². The summed E-state index contributed by atoms with van der Waals surface area (Å²) in [5.74, 6) is 1.67. The smallest absolute Gasteiger partial charge is 0.0991 e. The average molecular weight is 388 g/mol. The fourth-order valence-electron chi connectivity index (χ4n) is 4.61. The van der Waals surface area contributed by atoms with Gasteiger partial charge < -0.3 is 10.2 Å². The quantitative estimate of drug-likeness (QED) is 0.768. The molecular weight excluding hydrogens is 354 g/mol. The van der Waals surface area contributed by atoms with Crippen LogP contribution >= 0.6 is 0 Å². The molecule has 3 aliphatic rings. The zero-order valence-corrected chi connectivity index (χ0v) is 17.4. The fraction of sp³-hybridized carbons (Fsp3) is 0.500. The summed E-state index contributed by atoms with van der Waals surface area (Å²) in [6.07, 6.45) is 8.29. The summed E-state index contributed by atoms with van der Waals surface area (Å²) in [4.78, 5) is 2.63. The highest BCUT2D eigenvalue weighted by molar-refractivity contribution is 5.64. The first kappa shape index (κ1) is 20.1. The standard InChI is InChI=1S/C22H24N2.C4H9N/c23-16-17-3-5-18(6-4-17)19-7-9-20(10-8-19)22-15-21(22)11-14-24-12-1-2-13-24;1-2-4-5-3-1/h3-10,21-22H,1-2,11-15H2;5H,1-4H2/t21-,22+;/m1./s1. The second-order valence-electron chi connectivity index (χ2n) is 8.71. The average Bonchev–Trinajstić information content (AvgIpc) is 3.19. The van der Waals surface area contributed by atoms with E-state index in [9.17, 15) is 0 Å². The Morgan fingerprint density at radius 1 is 0.862 bits per heavy atom. The normalized spacial score (nSPS) is 23.3. The molecule has 0 radical (unpaired) electrons. The van der Waals surface area contributed by atoms with Crippen LogP contribution in [0.1, 0.15) is 55.6 Å². The van der Waals surface area contributed by atoms with Crippen LogP contribution in [0.4, 0.5) is 0 Å². The summed E-state index contributed by atoms with van der Waals surface area (Å²) in [7, 11) is 0. The maximum atomic E-state index is 8.89. The molecule has 3 heteroatoms. The summed E-state index contributed by atoms with van der Waals surface area (Å²) in [6, 6.07) is 19.1. The minimum absolute atomic E-state index is 0.717. The Balaban J connectivity index is 0.000000359. The first-order valence-corrected chi connectivity index (χ1v) is 11.4. The van der Waals surface area contributed by atoms with Crippen molar-refractivity contribution in [3.8, 4) is 17.2 Å². The maximum absolute atomic E-state index is 8.89. The van der Waals surface area contributed by atoms with Crippen molar-refractivity contribution in [2.75, 3.05) is 32.7 Å². The fourth-order valence-corrected chi connectivity index (χ4v) is 4.61. The molecule has 5 rings (SSSR count). The Hall–Kier alpha value is -2.15. The predicted octanol–water partition coefficient (Wildman–Crippen LogP) is 5.18. The highest BCUT2D eigenvalue weighted by Gasteiger charge is 2.37. The minimum Gasteiger partial charge on any atom is -0.317 e. The number of hydrogen-bond donors (Lipinski definition) is 1. The zero-order chi connectivity index (χ0) is 19.9. The van der Waals surface area contributed by atoms with Crippen molar-refractivity contribution >= 4 is 0 Å². The van der Waals surface area contributed by atoms with E-state index in [4.69, 9.17) is 5.26 Å². The number of nitrogens with zero attached hydrogens (tertiary/aromatic N) is 2. The molecule has 3 nitrogen and oxygen atoms in total. The molecule has 29 heavy (non-hydrogen) atoms. The van der Waals surface area contributed by atoms with Crippen molar-refractivity contribution in [1.82, 2.24) is 10.2 Å². The lowest BCUT2D eigenvalue weighted by molar-refractivity contribution is 0.325. The van der Waals surface area contributed by atoms with Crippen LogP contribution < -0.4 is 5.32 Å². The van der Waals surface area contributed by atoms with Crippen LogP contribution in [0.25, 0.3) is 11.1 Å². The highest BCUT2D eigenvalue weighted by atomic mass is 15.1. The van der Waals surface area contributed by atoms with Gasteiger partial charge in [0, 0.05) is 0 Å². The highest BCUT2D eigenvalue weighted by Crippen LogP contribution is 2.49. The van der Waals surface area contributed by atoms with Crippen molar-refractivity contribution in [1.29, 1.82) is 5.26 Å². The SMILES string of the molecule is C1CCNC1.N#Cc1ccc(-c2ccc([C@@H]3C[C@H]3CCN3CCCC3)cc2)cc1. The van der Waals surface area contributed by atoms with Gasteiger partial charge in [0.25, 0.3) is 0 Å². The van der Waals surface area contributed by atoms with Crippen LogP contribution in [-0.4, -0.2) is 37.6 Å². The van der Waals surface area contributed by atoms with Gasteiger partial charge in [0.05, 0.1) is 11.6 Å². The lowest BCUT2D eigenvalue weighted by Gasteiger charge is -2.13. The van der Waals surface area contributed by atoms with Crippen LogP contribution in [-0.2, 0) is 0 Å². The van der Waals surface area contributed by atoms with Gasteiger partial charge in [-0.25, -0.2) is 0 Å². The summed E-state index contributed by atoms with van der Waals surface area (Å²) in [5, 5.41) is 12.1. The van der Waals surface area contributed by atoms with E-state index in [2.05, 4.69) is 40.6 Å². The lowest BCUT2D eigenvalue weighted by atomic mass is 10.0. The number of rotatable bonds is 5. The van der Waals surface area contributed by atoms with Gasteiger partial charge in [0.1, 0.15) is 0 Å². The Morgan fingerprint density at radius 2 is 1.48 bits per heavy atom. The van der Waals surface area contributed by atoms with Gasteiger partial charge >= 0.3 is 0 Å². The van der Waals surface area contributed by atoms with Gasteiger partial charge in [0.15, 0.2) is 0 Å². The number of nitrogens with one attached hydrogen (secondary N) is 1. The Kier molecular flexibility index (Phi) is 6.98. The van der Waals surface area contributed by atoms with Crippen molar-refractivity contribution in [2.45, 2.75) is 44.4 Å². The molecule has 2 atom stereocenters. The molecule has 0 unspecified atom stereocenters. The number of likely N-dealkylation sites (tertiary alicyclic amines) is 1. The van der Waals surface area contributed by atoms with Crippen LogP contribution in [0.15, 0.2) is 48.5 Å². The molecule has 3 fully saturated rings. The molecule has 1 aliphatic carbocycles. The van der Waals surface area contributed by atoms with E-state index in [-0.39, 0.29) is 0 Å². The van der Waals surface area contributed by atoms with E-state index in [1.165, 1.54) is 87.9 Å². The maximum Gasteiger partial charge on any atom is 0.0991 e. The third-order valence-electron chi connectivity index (χ3n) is 6.58. The van der Waals surface area contributed by atoms with Gasteiger partial charge in [-0.3, -0.25) is 0 Å². The van der Waals surface area contributed by atoms with Gasteiger partial charge in [-0.15, -0.1) is 0 Å². The van der Waals surface area contributed by atoms with Crippen LogP contribution in [0, 0.1) is 17.2 Å². The van der Waals surface area contributed by atoms with Crippen LogP contribution in [0.3, 0.4) is 0 Å². The van der Waals surface area contributed by atoms with Crippen LogP contribution in [0.5, 0.6) is 0 Å². The van der Waals surface area contributed by atoms with E-state index in [0.29, 0.717) is 5.56 Å². The summed E-state index contributed by atoms with van der Waals surface area (Å²) < 4.78 is 0. The molecule has 1 saturated carbocycles. The van der Waals surface area contributed by atoms with Crippen molar-refractivity contribution in [2.24, 2.45) is 5.92 Å². The molecular formula is C26H33N3. The monoisotopic (exact) mass is 387 g/mol. The topological polar surface area (TPSA) is 39.1 Å². The summed E-state index contributed by atoms with van der Waals surface area (Å²) >= 11 is 0. The molecule has 2 aromatic carbocycles. The number of benzene rings is 2. The molecule has 0 bridgehead atoms. The predicted molar refractivity (Wildman–Crippen MR) is 120 cm³/mol. The second kappa shape index (κ2) is 10.1. The van der Waals surface area contributed by atoms with E-state index in [1.54, 1.807) is 0 Å². The molecule has 2 aromatic rings. The zero-order valence-electron chi connectivity index (χ0n) is 17.4.